The number of aliphatic hydroxyl groups excluding tert-OH is 1. The molecule has 0 aliphatic carbocycles. The van der Waals surface area contributed by atoms with Gasteiger partial charge in [-0.3, -0.25) is 9.69 Å². The van der Waals surface area contributed by atoms with Gasteiger partial charge in [0.05, 0.1) is 6.54 Å². The van der Waals surface area contributed by atoms with E-state index < -0.39 is 0 Å². The highest BCUT2D eigenvalue weighted by Gasteiger charge is 2.11. The van der Waals surface area contributed by atoms with E-state index in [-0.39, 0.29) is 12.5 Å². The predicted molar refractivity (Wildman–Crippen MR) is 78.4 cm³/mol. The van der Waals surface area contributed by atoms with Gasteiger partial charge in [0.15, 0.2) is 0 Å². The maximum atomic E-state index is 12.0. The molecule has 0 spiro atoms. The molecule has 0 atom stereocenters. The van der Waals surface area contributed by atoms with E-state index in [0.717, 1.165) is 29.9 Å². The summed E-state index contributed by atoms with van der Waals surface area (Å²) in [5, 5.41) is 11.8. The van der Waals surface area contributed by atoms with Gasteiger partial charge in [-0.05, 0) is 37.9 Å². The van der Waals surface area contributed by atoms with Gasteiger partial charge in [-0.25, -0.2) is 0 Å². The molecule has 0 saturated heterocycles. The number of anilines is 1. The van der Waals surface area contributed by atoms with Crippen molar-refractivity contribution in [1.82, 2.24) is 4.90 Å². The van der Waals surface area contributed by atoms with Crippen molar-refractivity contribution in [3.63, 3.8) is 0 Å². The number of amides is 1. The Balaban J connectivity index is 2.59. The van der Waals surface area contributed by atoms with E-state index in [1.807, 2.05) is 43.9 Å². The van der Waals surface area contributed by atoms with Crippen LogP contribution >= 0.6 is 0 Å². The molecule has 0 bridgehead atoms. The Hall–Kier alpha value is -1.39. The standard InChI is InChI=1S/C15H24N2O2/c1-4-17(9-6-10-18)11-14(19)16-15-12(2)7-5-8-13(15)3/h5,7-8,18H,4,6,9-11H2,1-3H3,(H,16,19). The summed E-state index contributed by atoms with van der Waals surface area (Å²) in [6.07, 6.45) is 0.699. The Kier molecular flexibility index (Phi) is 6.53. The van der Waals surface area contributed by atoms with Crippen molar-refractivity contribution in [3.8, 4) is 0 Å². The molecule has 19 heavy (non-hydrogen) atoms. The maximum Gasteiger partial charge on any atom is 0.238 e. The Morgan fingerprint density at radius 1 is 1.32 bits per heavy atom. The van der Waals surface area contributed by atoms with Crippen LogP contribution in [0.4, 0.5) is 5.69 Å². The second-order valence-corrected chi connectivity index (χ2v) is 4.76. The smallest absolute Gasteiger partial charge is 0.238 e. The molecule has 2 N–H and O–H groups in total. The van der Waals surface area contributed by atoms with Gasteiger partial charge in [0.2, 0.25) is 5.91 Å². The van der Waals surface area contributed by atoms with Crippen molar-refractivity contribution < 1.29 is 9.90 Å². The van der Waals surface area contributed by atoms with Crippen LogP contribution < -0.4 is 5.32 Å². The molecular formula is C15H24N2O2. The van der Waals surface area contributed by atoms with Crippen molar-refractivity contribution >= 4 is 11.6 Å². The van der Waals surface area contributed by atoms with Crippen molar-refractivity contribution in [3.05, 3.63) is 29.3 Å². The molecule has 4 heteroatoms. The minimum Gasteiger partial charge on any atom is -0.396 e. The van der Waals surface area contributed by atoms with E-state index in [9.17, 15) is 4.79 Å². The molecule has 4 nitrogen and oxygen atoms in total. The lowest BCUT2D eigenvalue weighted by Gasteiger charge is -2.20. The van der Waals surface area contributed by atoms with Crippen LogP contribution in [0.5, 0.6) is 0 Å². The Bertz CT molecular complexity index is 398. The second-order valence-electron chi connectivity index (χ2n) is 4.76. The lowest BCUT2D eigenvalue weighted by molar-refractivity contribution is -0.117. The Morgan fingerprint density at radius 2 is 1.95 bits per heavy atom. The normalized spacial score (nSPS) is 10.8. The first-order valence-electron chi connectivity index (χ1n) is 6.77. The van der Waals surface area contributed by atoms with Gasteiger partial charge in [0.1, 0.15) is 0 Å². The summed E-state index contributed by atoms with van der Waals surface area (Å²) in [6, 6.07) is 5.97. The van der Waals surface area contributed by atoms with Crippen molar-refractivity contribution in [1.29, 1.82) is 0 Å². The molecule has 0 saturated carbocycles. The number of hydrogen-bond acceptors (Lipinski definition) is 3. The molecular weight excluding hydrogens is 240 g/mol. The summed E-state index contributed by atoms with van der Waals surface area (Å²) in [4.78, 5) is 14.1. The van der Waals surface area contributed by atoms with Crippen LogP contribution in [0.1, 0.15) is 24.5 Å². The fourth-order valence-corrected chi connectivity index (χ4v) is 2.04. The number of likely N-dealkylation sites (N-methyl/N-ethyl adjacent to an activating group) is 1. The van der Waals surface area contributed by atoms with Crippen LogP contribution in [0.25, 0.3) is 0 Å². The highest BCUT2D eigenvalue weighted by atomic mass is 16.3. The van der Waals surface area contributed by atoms with Crippen LogP contribution in [0, 0.1) is 13.8 Å². The number of nitrogens with zero attached hydrogens (tertiary/aromatic N) is 1. The summed E-state index contributed by atoms with van der Waals surface area (Å²) in [5.74, 6) is -0.00260. The summed E-state index contributed by atoms with van der Waals surface area (Å²) < 4.78 is 0. The van der Waals surface area contributed by atoms with E-state index in [2.05, 4.69) is 5.32 Å². The number of hydrogen-bond donors (Lipinski definition) is 2. The first-order valence-corrected chi connectivity index (χ1v) is 6.77. The topological polar surface area (TPSA) is 52.6 Å². The lowest BCUT2D eigenvalue weighted by atomic mass is 10.1. The molecule has 0 unspecified atom stereocenters. The molecule has 0 fully saturated rings. The quantitative estimate of drug-likeness (QED) is 0.791. The number of benzene rings is 1. The molecule has 0 aliphatic rings. The zero-order valence-electron chi connectivity index (χ0n) is 12.1. The van der Waals surface area contributed by atoms with Gasteiger partial charge in [0.25, 0.3) is 0 Å². The highest BCUT2D eigenvalue weighted by molar-refractivity contribution is 5.93. The second kappa shape index (κ2) is 7.92. The lowest BCUT2D eigenvalue weighted by Crippen LogP contribution is -2.34. The Labute approximate surface area is 115 Å². The molecule has 1 amide bonds. The average molecular weight is 264 g/mol. The number of aryl methyl sites for hydroxylation is 2. The summed E-state index contributed by atoms with van der Waals surface area (Å²) in [6.45, 7) is 8.08. The van der Waals surface area contributed by atoms with Crippen LogP contribution in [0.15, 0.2) is 18.2 Å². The van der Waals surface area contributed by atoms with E-state index in [0.29, 0.717) is 13.0 Å². The number of aliphatic hydroxyl groups is 1. The number of rotatable bonds is 7. The Morgan fingerprint density at radius 3 is 2.47 bits per heavy atom. The van der Waals surface area contributed by atoms with E-state index in [4.69, 9.17) is 5.11 Å². The summed E-state index contributed by atoms with van der Waals surface area (Å²) >= 11 is 0. The highest BCUT2D eigenvalue weighted by Crippen LogP contribution is 2.19. The number of para-hydroxylation sites is 1. The molecule has 1 rings (SSSR count). The van der Waals surface area contributed by atoms with Crippen LogP contribution in [-0.4, -0.2) is 42.2 Å². The fourth-order valence-electron chi connectivity index (χ4n) is 2.04. The van der Waals surface area contributed by atoms with Crippen molar-refractivity contribution in [2.45, 2.75) is 27.2 Å². The third-order valence-corrected chi connectivity index (χ3v) is 3.19. The predicted octanol–water partition coefficient (Wildman–Crippen LogP) is 1.95. The molecule has 106 valence electrons. The molecule has 0 aromatic heterocycles. The molecule has 0 aliphatic heterocycles. The number of carbonyl (C=O) groups is 1. The van der Waals surface area contributed by atoms with E-state index >= 15 is 0 Å². The molecule has 1 aromatic rings. The summed E-state index contributed by atoms with van der Waals surface area (Å²) in [5.41, 5.74) is 3.06. The fraction of sp³-hybridized carbons (Fsp3) is 0.533. The van der Waals surface area contributed by atoms with Crippen LogP contribution in [0.2, 0.25) is 0 Å². The zero-order chi connectivity index (χ0) is 14.3. The minimum absolute atomic E-state index is 0.00260. The van der Waals surface area contributed by atoms with Gasteiger partial charge in [-0.15, -0.1) is 0 Å². The van der Waals surface area contributed by atoms with E-state index in [1.165, 1.54) is 0 Å². The first kappa shape index (κ1) is 15.7. The average Bonchev–Trinajstić information content (AvgIpc) is 2.39. The first-order chi connectivity index (χ1) is 9.08. The van der Waals surface area contributed by atoms with Gasteiger partial charge >= 0.3 is 0 Å². The van der Waals surface area contributed by atoms with Crippen molar-refractivity contribution in [2.75, 3.05) is 31.6 Å². The molecule has 0 radical (unpaired) electrons. The van der Waals surface area contributed by atoms with Gasteiger partial charge in [-0.2, -0.15) is 0 Å². The van der Waals surface area contributed by atoms with Gasteiger partial charge in [-0.1, -0.05) is 25.1 Å². The molecule has 0 heterocycles. The SMILES string of the molecule is CCN(CCCO)CC(=O)Nc1c(C)cccc1C. The van der Waals surface area contributed by atoms with Gasteiger partial charge < -0.3 is 10.4 Å². The van der Waals surface area contributed by atoms with Crippen LogP contribution in [-0.2, 0) is 4.79 Å². The third-order valence-electron chi connectivity index (χ3n) is 3.19. The largest absolute Gasteiger partial charge is 0.396 e. The summed E-state index contributed by atoms with van der Waals surface area (Å²) in [7, 11) is 0. The molecule has 1 aromatic carbocycles. The minimum atomic E-state index is -0.00260. The zero-order valence-corrected chi connectivity index (χ0v) is 12.1. The van der Waals surface area contributed by atoms with Gasteiger partial charge in [0, 0.05) is 18.8 Å². The third kappa shape index (κ3) is 5.01. The van der Waals surface area contributed by atoms with Crippen LogP contribution in [0.3, 0.4) is 0 Å². The monoisotopic (exact) mass is 264 g/mol. The van der Waals surface area contributed by atoms with E-state index in [1.54, 1.807) is 0 Å². The maximum absolute atomic E-state index is 12.0. The number of nitrogens with one attached hydrogen (secondary N) is 1. The van der Waals surface area contributed by atoms with Crippen molar-refractivity contribution in [2.24, 2.45) is 0 Å². The number of carbonyl (C=O) groups excluding carboxylic acids is 1.